The lowest BCUT2D eigenvalue weighted by Crippen LogP contribution is -2.43. The van der Waals surface area contributed by atoms with Crippen LogP contribution >= 0.6 is 11.3 Å². The van der Waals surface area contributed by atoms with E-state index in [1.54, 1.807) is 17.7 Å². The van der Waals surface area contributed by atoms with Crippen molar-refractivity contribution in [2.24, 2.45) is 5.92 Å². The number of esters is 1. The predicted octanol–water partition coefficient (Wildman–Crippen LogP) is 1.24. The molecule has 1 saturated heterocycles. The summed E-state index contributed by atoms with van der Waals surface area (Å²) in [6.45, 7) is 6.37. The molecule has 2 N–H and O–H groups in total. The van der Waals surface area contributed by atoms with Crippen molar-refractivity contribution < 1.29 is 19.1 Å². The summed E-state index contributed by atoms with van der Waals surface area (Å²) in [6.07, 6.45) is 2.83. The fourth-order valence-electron chi connectivity index (χ4n) is 3.18. The van der Waals surface area contributed by atoms with Gasteiger partial charge in [0.15, 0.2) is 6.61 Å². The summed E-state index contributed by atoms with van der Waals surface area (Å²) in [6, 6.07) is 0. The zero-order valence-corrected chi connectivity index (χ0v) is 16.9. The van der Waals surface area contributed by atoms with Gasteiger partial charge in [0, 0.05) is 24.9 Å². The molecule has 3 heterocycles. The number of thiophene rings is 1. The Morgan fingerprint density at radius 1 is 1.21 bits per heavy atom. The Kier molecular flexibility index (Phi) is 6.08. The Balaban J connectivity index is 1.56. The highest BCUT2D eigenvalue weighted by atomic mass is 32.1. The molecule has 28 heavy (non-hydrogen) atoms. The van der Waals surface area contributed by atoms with E-state index in [2.05, 4.69) is 39.6 Å². The number of nitrogens with zero attached hydrogens (tertiary/aromatic N) is 3. The van der Waals surface area contributed by atoms with E-state index in [9.17, 15) is 14.4 Å². The molecule has 0 bridgehead atoms. The molecule has 0 unspecified atom stereocenters. The van der Waals surface area contributed by atoms with Crippen molar-refractivity contribution in [3.8, 4) is 0 Å². The quantitative estimate of drug-likeness (QED) is 0.581. The monoisotopic (exact) mass is 405 g/mol. The van der Waals surface area contributed by atoms with Crippen molar-refractivity contribution >= 4 is 45.2 Å². The zero-order chi connectivity index (χ0) is 20.3. The van der Waals surface area contributed by atoms with Crippen molar-refractivity contribution in [2.45, 2.75) is 33.6 Å². The summed E-state index contributed by atoms with van der Waals surface area (Å²) in [5, 5.41) is 1.08. The fraction of sp³-hybridized carbons (Fsp3) is 0.500. The highest BCUT2D eigenvalue weighted by Crippen LogP contribution is 2.35. The highest BCUT2D eigenvalue weighted by Gasteiger charge is 2.28. The number of piperidine rings is 1. The van der Waals surface area contributed by atoms with Gasteiger partial charge in [0.1, 0.15) is 17.0 Å². The summed E-state index contributed by atoms with van der Waals surface area (Å²) >= 11 is 1.66. The molecule has 0 radical (unpaired) electrons. The maximum Gasteiger partial charge on any atom is 0.309 e. The average Bonchev–Trinajstić information content (AvgIpc) is 2.98. The van der Waals surface area contributed by atoms with E-state index < -0.39 is 24.4 Å². The largest absolute Gasteiger partial charge is 0.455 e. The third-order valence-electron chi connectivity index (χ3n) is 4.80. The molecule has 1 aliphatic heterocycles. The van der Waals surface area contributed by atoms with Crippen LogP contribution in [0.2, 0.25) is 0 Å². The molecule has 0 atom stereocenters. The van der Waals surface area contributed by atoms with Crippen LogP contribution in [0.4, 0.5) is 5.82 Å². The van der Waals surface area contributed by atoms with Crippen molar-refractivity contribution in [1.82, 2.24) is 20.8 Å². The Morgan fingerprint density at radius 2 is 1.93 bits per heavy atom. The molecule has 2 amide bonds. The van der Waals surface area contributed by atoms with Gasteiger partial charge in [-0.25, -0.2) is 9.97 Å². The molecular weight excluding hydrogens is 382 g/mol. The maximum absolute atomic E-state index is 12.2. The maximum atomic E-state index is 12.2. The van der Waals surface area contributed by atoms with Crippen molar-refractivity contribution in [3.63, 3.8) is 0 Å². The first-order valence-corrected chi connectivity index (χ1v) is 9.86. The first-order chi connectivity index (χ1) is 13.4. The second-order valence-electron chi connectivity index (χ2n) is 6.76. The molecule has 0 aromatic carbocycles. The van der Waals surface area contributed by atoms with Gasteiger partial charge >= 0.3 is 5.97 Å². The molecule has 3 rings (SSSR count). The highest BCUT2D eigenvalue weighted by molar-refractivity contribution is 7.18. The lowest BCUT2D eigenvalue weighted by molar-refractivity contribution is -0.153. The molecule has 0 aliphatic carbocycles. The van der Waals surface area contributed by atoms with Gasteiger partial charge in [-0.3, -0.25) is 25.2 Å². The summed E-state index contributed by atoms with van der Waals surface area (Å²) in [7, 11) is 0. The minimum absolute atomic E-state index is 0.257. The van der Waals surface area contributed by atoms with E-state index in [-0.39, 0.29) is 5.92 Å². The van der Waals surface area contributed by atoms with Crippen LogP contribution in [0.3, 0.4) is 0 Å². The van der Waals surface area contributed by atoms with Crippen LogP contribution in [0, 0.1) is 19.8 Å². The molecular formula is C18H23N5O4S. The Hall–Kier alpha value is -2.75. The van der Waals surface area contributed by atoms with E-state index in [1.165, 1.54) is 17.4 Å². The molecule has 9 nitrogen and oxygen atoms in total. The first-order valence-electron chi connectivity index (χ1n) is 9.04. The number of ether oxygens (including phenoxy) is 1. The third-order valence-corrected chi connectivity index (χ3v) is 5.91. The molecule has 10 heteroatoms. The van der Waals surface area contributed by atoms with Gasteiger partial charge in [-0.05, 0) is 32.3 Å². The molecule has 150 valence electrons. The van der Waals surface area contributed by atoms with Crippen molar-refractivity contribution in [2.75, 3.05) is 24.6 Å². The van der Waals surface area contributed by atoms with Crippen LogP contribution in [0.25, 0.3) is 10.2 Å². The normalized spacial score (nSPS) is 14.8. The zero-order valence-electron chi connectivity index (χ0n) is 16.1. The predicted molar refractivity (Wildman–Crippen MR) is 105 cm³/mol. The van der Waals surface area contributed by atoms with E-state index in [0.29, 0.717) is 25.9 Å². The number of hydrogen-bond acceptors (Lipinski definition) is 8. The van der Waals surface area contributed by atoms with Gasteiger partial charge in [-0.1, -0.05) is 0 Å². The van der Waals surface area contributed by atoms with Crippen LogP contribution in [0.1, 0.15) is 30.2 Å². The van der Waals surface area contributed by atoms with Gasteiger partial charge in [-0.15, -0.1) is 11.3 Å². The second kappa shape index (κ2) is 8.51. The van der Waals surface area contributed by atoms with E-state index in [0.717, 1.165) is 16.0 Å². The lowest BCUT2D eigenvalue weighted by Gasteiger charge is -2.32. The second-order valence-corrected chi connectivity index (χ2v) is 7.96. The van der Waals surface area contributed by atoms with Crippen LogP contribution in [-0.2, 0) is 19.1 Å². The van der Waals surface area contributed by atoms with Crippen LogP contribution < -0.4 is 15.8 Å². The number of rotatable bonds is 4. The first kappa shape index (κ1) is 20.0. The molecule has 1 fully saturated rings. The van der Waals surface area contributed by atoms with E-state index in [1.807, 2.05) is 0 Å². The summed E-state index contributed by atoms with van der Waals surface area (Å²) in [4.78, 5) is 47.7. The van der Waals surface area contributed by atoms with Gasteiger partial charge < -0.3 is 9.64 Å². The van der Waals surface area contributed by atoms with Crippen molar-refractivity contribution in [3.05, 3.63) is 16.8 Å². The SMILES string of the molecule is CC(=O)NNC(=O)COC(=O)C1CCN(c2ncnc3sc(C)c(C)c23)CC1. The van der Waals surface area contributed by atoms with Gasteiger partial charge in [-0.2, -0.15) is 0 Å². The van der Waals surface area contributed by atoms with Crippen LogP contribution in [0.5, 0.6) is 0 Å². The minimum atomic E-state index is -0.576. The number of fused-ring (bicyclic) bond motifs is 1. The number of hydrazine groups is 1. The number of hydrogen-bond donors (Lipinski definition) is 2. The lowest BCUT2D eigenvalue weighted by atomic mass is 9.97. The molecule has 2 aromatic rings. The smallest absolute Gasteiger partial charge is 0.309 e. The van der Waals surface area contributed by atoms with E-state index >= 15 is 0 Å². The molecule has 2 aromatic heterocycles. The number of anilines is 1. The summed E-state index contributed by atoms with van der Waals surface area (Å²) in [5.74, 6) is -0.719. The van der Waals surface area contributed by atoms with E-state index in [4.69, 9.17) is 4.74 Å². The minimum Gasteiger partial charge on any atom is -0.455 e. The third kappa shape index (κ3) is 4.38. The summed E-state index contributed by atoms with van der Waals surface area (Å²) < 4.78 is 5.06. The topological polar surface area (TPSA) is 114 Å². The average molecular weight is 405 g/mol. The number of carbonyl (C=O) groups is 3. The Bertz CT molecular complexity index is 905. The Morgan fingerprint density at radius 3 is 2.61 bits per heavy atom. The summed E-state index contributed by atoms with van der Waals surface area (Å²) in [5.41, 5.74) is 5.50. The van der Waals surface area contributed by atoms with Gasteiger partial charge in [0.25, 0.3) is 5.91 Å². The van der Waals surface area contributed by atoms with Crippen molar-refractivity contribution in [1.29, 1.82) is 0 Å². The van der Waals surface area contributed by atoms with Gasteiger partial charge in [0.2, 0.25) is 5.91 Å². The number of aromatic nitrogens is 2. The molecule has 0 saturated carbocycles. The molecule has 0 spiro atoms. The van der Waals surface area contributed by atoms with Crippen LogP contribution in [-0.4, -0.2) is 47.4 Å². The van der Waals surface area contributed by atoms with Crippen LogP contribution in [0.15, 0.2) is 6.33 Å². The van der Waals surface area contributed by atoms with Gasteiger partial charge in [0.05, 0.1) is 11.3 Å². The number of amides is 2. The Labute approximate surface area is 166 Å². The fourth-order valence-corrected chi connectivity index (χ4v) is 4.17. The number of carbonyl (C=O) groups excluding carboxylic acids is 3. The molecule has 1 aliphatic rings. The standard InChI is InChI=1S/C18H23N5O4S/c1-10-11(2)28-17-15(10)16(19-9-20-17)23-6-4-13(5-7-23)18(26)27-8-14(25)22-21-12(3)24/h9,13H,4-8H2,1-3H3,(H,21,24)(H,22,25). The number of aryl methyl sites for hydroxylation is 2. The number of nitrogens with one attached hydrogen (secondary N) is 2.